The van der Waals surface area contributed by atoms with E-state index < -0.39 is 0 Å². The highest BCUT2D eigenvalue weighted by atomic mass is 16.4. The molecular formula is C15H19N7O. The molecule has 0 radical (unpaired) electrons. The van der Waals surface area contributed by atoms with Gasteiger partial charge in [-0.1, -0.05) is 6.07 Å². The number of guanidine groups is 1. The van der Waals surface area contributed by atoms with E-state index in [9.17, 15) is 0 Å². The van der Waals surface area contributed by atoms with Gasteiger partial charge in [0.05, 0.1) is 18.8 Å². The van der Waals surface area contributed by atoms with Crippen molar-refractivity contribution >= 4 is 11.6 Å². The summed E-state index contributed by atoms with van der Waals surface area (Å²) in [5.74, 6) is 2.92. The SMILES string of the molecule is CN=C(NCc1nc(C)c(C)o1)NCc1nnc2ccccn12. The molecule has 0 atom stereocenters. The maximum Gasteiger partial charge on any atom is 0.214 e. The van der Waals surface area contributed by atoms with Gasteiger partial charge in [0.25, 0.3) is 0 Å². The van der Waals surface area contributed by atoms with Crippen molar-refractivity contribution in [2.75, 3.05) is 7.05 Å². The fourth-order valence-electron chi connectivity index (χ4n) is 2.17. The van der Waals surface area contributed by atoms with Crippen LogP contribution in [0.15, 0.2) is 33.8 Å². The van der Waals surface area contributed by atoms with Gasteiger partial charge in [0.15, 0.2) is 17.4 Å². The van der Waals surface area contributed by atoms with Gasteiger partial charge in [-0.05, 0) is 26.0 Å². The van der Waals surface area contributed by atoms with Crippen molar-refractivity contribution in [3.63, 3.8) is 0 Å². The van der Waals surface area contributed by atoms with Gasteiger partial charge >= 0.3 is 0 Å². The van der Waals surface area contributed by atoms with Crippen LogP contribution in [0.25, 0.3) is 5.65 Å². The van der Waals surface area contributed by atoms with Crippen molar-refractivity contribution in [1.82, 2.24) is 30.2 Å². The molecule has 0 aliphatic rings. The van der Waals surface area contributed by atoms with E-state index in [0.29, 0.717) is 24.9 Å². The standard InChI is InChI=1S/C15H19N7O/c1-10-11(2)23-14(19-10)9-18-15(16-3)17-8-13-21-20-12-6-4-5-7-22(12)13/h4-7H,8-9H2,1-3H3,(H2,16,17,18). The van der Waals surface area contributed by atoms with Crippen molar-refractivity contribution in [2.45, 2.75) is 26.9 Å². The second kappa shape index (κ2) is 6.47. The lowest BCUT2D eigenvalue weighted by atomic mass is 10.4. The molecule has 3 rings (SSSR count). The van der Waals surface area contributed by atoms with E-state index in [4.69, 9.17) is 4.42 Å². The third-order valence-corrected chi connectivity index (χ3v) is 3.50. The molecule has 8 nitrogen and oxygen atoms in total. The number of aliphatic imine (C=N–C) groups is 1. The van der Waals surface area contributed by atoms with Crippen LogP contribution in [-0.2, 0) is 13.1 Å². The topological polar surface area (TPSA) is 92.6 Å². The second-order valence-corrected chi connectivity index (χ2v) is 5.07. The number of rotatable bonds is 4. The molecule has 8 heteroatoms. The fraction of sp³-hybridized carbons (Fsp3) is 0.333. The zero-order valence-electron chi connectivity index (χ0n) is 13.4. The van der Waals surface area contributed by atoms with Gasteiger partial charge in [-0.2, -0.15) is 0 Å². The zero-order chi connectivity index (χ0) is 16.2. The molecule has 0 amide bonds. The quantitative estimate of drug-likeness (QED) is 0.555. The summed E-state index contributed by atoms with van der Waals surface area (Å²) < 4.78 is 7.47. The first-order valence-corrected chi connectivity index (χ1v) is 7.33. The van der Waals surface area contributed by atoms with Gasteiger partial charge in [0, 0.05) is 13.2 Å². The molecule has 0 aliphatic heterocycles. The minimum Gasteiger partial charge on any atom is -0.444 e. The number of hydrogen-bond acceptors (Lipinski definition) is 5. The van der Waals surface area contributed by atoms with Crippen LogP contribution in [-0.4, -0.2) is 32.6 Å². The summed E-state index contributed by atoms with van der Waals surface area (Å²) in [4.78, 5) is 8.51. The molecule has 23 heavy (non-hydrogen) atoms. The molecule has 0 bridgehead atoms. The number of pyridine rings is 1. The third kappa shape index (κ3) is 3.31. The summed E-state index contributed by atoms with van der Waals surface area (Å²) in [6, 6.07) is 5.79. The number of nitrogens with one attached hydrogen (secondary N) is 2. The number of hydrogen-bond donors (Lipinski definition) is 2. The summed E-state index contributed by atoms with van der Waals surface area (Å²) >= 11 is 0. The Morgan fingerprint density at radius 1 is 1.22 bits per heavy atom. The summed E-state index contributed by atoms with van der Waals surface area (Å²) in [6.07, 6.45) is 1.93. The zero-order valence-corrected chi connectivity index (χ0v) is 13.4. The van der Waals surface area contributed by atoms with Gasteiger partial charge in [-0.15, -0.1) is 10.2 Å². The minimum atomic E-state index is 0.467. The number of aryl methyl sites for hydroxylation is 2. The smallest absolute Gasteiger partial charge is 0.214 e. The van der Waals surface area contributed by atoms with Crippen LogP contribution in [0.1, 0.15) is 23.2 Å². The van der Waals surface area contributed by atoms with Crippen molar-refractivity contribution in [3.8, 4) is 0 Å². The third-order valence-electron chi connectivity index (χ3n) is 3.50. The Morgan fingerprint density at radius 3 is 2.78 bits per heavy atom. The highest BCUT2D eigenvalue weighted by Gasteiger charge is 2.08. The number of nitrogens with zero attached hydrogens (tertiary/aromatic N) is 5. The Hall–Kier alpha value is -2.90. The van der Waals surface area contributed by atoms with E-state index in [1.54, 1.807) is 7.05 Å². The molecule has 0 spiro atoms. The predicted octanol–water partition coefficient (Wildman–Crippen LogP) is 1.20. The van der Waals surface area contributed by atoms with Crippen LogP contribution in [0.2, 0.25) is 0 Å². The summed E-state index contributed by atoms with van der Waals surface area (Å²) in [6.45, 7) is 4.80. The lowest BCUT2D eigenvalue weighted by molar-refractivity contribution is 0.463. The van der Waals surface area contributed by atoms with Crippen LogP contribution in [0.5, 0.6) is 0 Å². The van der Waals surface area contributed by atoms with E-state index >= 15 is 0 Å². The highest BCUT2D eigenvalue weighted by molar-refractivity contribution is 5.79. The van der Waals surface area contributed by atoms with Crippen LogP contribution in [0, 0.1) is 13.8 Å². The molecule has 0 saturated heterocycles. The Kier molecular flexibility index (Phi) is 4.22. The monoisotopic (exact) mass is 313 g/mol. The molecule has 0 unspecified atom stereocenters. The first-order chi connectivity index (χ1) is 11.2. The van der Waals surface area contributed by atoms with Crippen LogP contribution in [0.4, 0.5) is 0 Å². The van der Waals surface area contributed by atoms with Crippen LogP contribution in [0.3, 0.4) is 0 Å². The maximum atomic E-state index is 5.53. The lowest BCUT2D eigenvalue weighted by Gasteiger charge is -2.09. The Balaban J connectivity index is 1.59. The average Bonchev–Trinajstić information content (AvgIpc) is 3.11. The van der Waals surface area contributed by atoms with Crippen LogP contribution < -0.4 is 10.6 Å². The van der Waals surface area contributed by atoms with Crippen molar-refractivity contribution in [3.05, 3.63) is 47.6 Å². The molecule has 3 aromatic heterocycles. The summed E-state index contributed by atoms with van der Waals surface area (Å²) in [5.41, 5.74) is 1.72. The Bertz CT molecular complexity index is 814. The van der Waals surface area contributed by atoms with Crippen LogP contribution >= 0.6 is 0 Å². The Labute approximate surface area is 133 Å². The summed E-state index contributed by atoms with van der Waals surface area (Å²) in [5, 5.41) is 14.7. The number of fused-ring (bicyclic) bond motifs is 1. The van der Waals surface area contributed by atoms with E-state index in [-0.39, 0.29) is 0 Å². The summed E-state index contributed by atoms with van der Waals surface area (Å²) in [7, 11) is 1.71. The first kappa shape index (κ1) is 15.0. The molecule has 0 fully saturated rings. The van der Waals surface area contributed by atoms with Gasteiger partial charge in [0.1, 0.15) is 5.76 Å². The maximum absolute atomic E-state index is 5.53. The van der Waals surface area contributed by atoms with E-state index in [1.165, 1.54) is 0 Å². The Morgan fingerprint density at radius 2 is 2.04 bits per heavy atom. The van der Waals surface area contributed by atoms with E-state index in [0.717, 1.165) is 22.9 Å². The largest absolute Gasteiger partial charge is 0.444 e. The van der Waals surface area contributed by atoms with Gasteiger partial charge in [0.2, 0.25) is 5.89 Å². The van der Waals surface area contributed by atoms with Gasteiger partial charge < -0.3 is 15.1 Å². The highest BCUT2D eigenvalue weighted by Crippen LogP contribution is 2.07. The molecule has 3 aromatic rings. The number of oxazole rings is 1. The van der Waals surface area contributed by atoms with E-state index in [2.05, 4.69) is 30.8 Å². The second-order valence-electron chi connectivity index (χ2n) is 5.07. The average molecular weight is 313 g/mol. The van der Waals surface area contributed by atoms with Crippen molar-refractivity contribution < 1.29 is 4.42 Å². The number of aromatic nitrogens is 4. The predicted molar refractivity (Wildman–Crippen MR) is 86.0 cm³/mol. The van der Waals surface area contributed by atoms with Gasteiger partial charge in [-0.3, -0.25) is 9.39 Å². The minimum absolute atomic E-state index is 0.467. The molecular weight excluding hydrogens is 294 g/mol. The van der Waals surface area contributed by atoms with Crippen molar-refractivity contribution in [1.29, 1.82) is 0 Å². The normalized spacial score (nSPS) is 11.9. The van der Waals surface area contributed by atoms with Crippen molar-refractivity contribution in [2.24, 2.45) is 4.99 Å². The molecule has 0 aromatic carbocycles. The molecule has 120 valence electrons. The molecule has 2 N–H and O–H groups in total. The molecule has 0 aliphatic carbocycles. The lowest BCUT2D eigenvalue weighted by Crippen LogP contribution is -2.36. The van der Waals surface area contributed by atoms with Gasteiger partial charge in [-0.25, -0.2) is 4.98 Å². The molecule has 3 heterocycles. The van der Waals surface area contributed by atoms with E-state index in [1.807, 2.05) is 42.6 Å². The first-order valence-electron chi connectivity index (χ1n) is 7.33. The fourth-order valence-corrected chi connectivity index (χ4v) is 2.17. The molecule has 0 saturated carbocycles.